The van der Waals surface area contributed by atoms with Gasteiger partial charge in [-0.1, -0.05) is 5.16 Å². The van der Waals surface area contributed by atoms with Crippen LogP contribution in [0.2, 0.25) is 0 Å². The summed E-state index contributed by atoms with van der Waals surface area (Å²) in [6.45, 7) is -2.80. The molecule has 0 saturated carbocycles. The highest BCUT2D eigenvalue weighted by Crippen LogP contribution is 2.32. The lowest BCUT2D eigenvalue weighted by molar-refractivity contribution is -0.0512. The van der Waals surface area contributed by atoms with E-state index < -0.39 is 6.61 Å². The topological polar surface area (TPSA) is 83.4 Å². The molecular formula is C11H12ClF2N3O3. The van der Waals surface area contributed by atoms with Crippen molar-refractivity contribution >= 4 is 12.4 Å². The quantitative estimate of drug-likeness (QED) is 0.912. The summed E-state index contributed by atoms with van der Waals surface area (Å²) in [6.07, 6.45) is 0. The second-order valence-electron chi connectivity index (χ2n) is 3.46. The zero-order chi connectivity index (χ0) is 13.8. The Morgan fingerprint density at radius 1 is 1.35 bits per heavy atom. The standard InChI is InChI=1S/C11H11F2N3O3.ClH/c1-17-8-4-6(2-3-7(8)18-11(12)13)10-15-9(5-14)19-16-10;/h2-4,11H,5,14H2,1H3;1H. The monoisotopic (exact) mass is 307 g/mol. The normalized spacial score (nSPS) is 10.2. The zero-order valence-electron chi connectivity index (χ0n) is 10.4. The second kappa shape index (κ2) is 7.01. The van der Waals surface area contributed by atoms with Gasteiger partial charge in [0, 0.05) is 5.56 Å². The molecule has 6 nitrogen and oxygen atoms in total. The van der Waals surface area contributed by atoms with Crippen LogP contribution in [0.3, 0.4) is 0 Å². The van der Waals surface area contributed by atoms with E-state index in [1.807, 2.05) is 0 Å². The molecule has 0 fully saturated rings. The number of methoxy groups -OCH3 is 1. The first-order valence-corrected chi connectivity index (χ1v) is 5.30. The Labute approximate surface area is 119 Å². The van der Waals surface area contributed by atoms with Crippen LogP contribution in [0.15, 0.2) is 22.7 Å². The van der Waals surface area contributed by atoms with Crippen molar-refractivity contribution in [2.45, 2.75) is 13.2 Å². The maximum Gasteiger partial charge on any atom is 0.387 e. The van der Waals surface area contributed by atoms with Crippen molar-refractivity contribution in [3.05, 3.63) is 24.1 Å². The molecular weight excluding hydrogens is 296 g/mol. The van der Waals surface area contributed by atoms with Crippen molar-refractivity contribution in [3.8, 4) is 22.9 Å². The molecule has 0 atom stereocenters. The van der Waals surface area contributed by atoms with Crippen molar-refractivity contribution in [1.29, 1.82) is 0 Å². The number of aromatic nitrogens is 2. The minimum absolute atomic E-state index is 0. The molecule has 1 aromatic carbocycles. The Bertz CT molecular complexity index is 566. The lowest BCUT2D eigenvalue weighted by Crippen LogP contribution is -2.03. The van der Waals surface area contributed by atoms with Gasteiger partial charge in [0.05, 0.1) is 13.7 Å². The van der Waals surface area contributed by atoms with Gasteiger partial charge >= 0.3 is 6.61 Å². The van der Waals surface area contributed by atoms with Crippen LogP contribution < -0.4 is 15.2 Å². The molecule has 2 N–H and O–H groups in total. The molecule has 20 heavy (non-hydrogen) atoms. The Morgan fingerprint density at radius 2 is 2.10 bits per heavy atom. The molecule has 0 saturated heterocycles. The molecule has 1 heterocycles. The highest BCUT2D eigenvalue weighted by Gasteiger charge is 2.14. The first kappa shape index (κ1) is 16.1. The van der Waals surface area contributed by atoms with E-state index in [1.165, 1.54) is 25.3 Å². The van der Waals surface area contributed by atoms with Crippen molar-refractivity contribution in [1.82, 2.24) is 10.1 Å². The van der Waals surface area contributed by atoms with E-state index in [4.69, 9.17) is 15.0 Å². The molecule has 0 aliphatic rings. The van der Waals surface area contributed by atoms with Gasteiger partial charge in [0.25, 0.3) is 0 Å². The maximum atomic E-state index is 12.2. The number of hydrogen-bond acceptors (Lipinski definition) is 6. The Hall–Kier alpha value is -1.93. The second-order valence-corrected chi connectivity index (χ2v) is 3.46. The molecule has 0 bridgehead atoms. The Balaban J connectivity index is 0.00000200. The SMILES string of the molecule is COc1cc(-c2noc(CN)n2)ccc1OC(F)F.Cl. The molecule has 9 heteroatoms. The van der Waals surface area contributed by atoms with Crippen LogP contribution in [0.1, 0.15) is 5.89 Å². The predicted molar refractivity (Wildman–Crippen MR) is 68.1 cm³/mol. The van der Waals surface area contributed by atoms with E-state index in [1.54, 1.807) is 0 Å². The van der Waals surface area contributed by atoms with Crippen molar-refractivity contribution in [3.63, 3.8) is 0 Å². The van der Waals surface area contributed by atoms with Crippen LogP contribution >= 0.6 is 12.4 Å². The Kier molecular flexibility index (Phi) is 5.66. The van der Waals surface area contributed by atoms with Crippen LogP contribution in [0, 0.1) is 0 Å². The highest BCUT2D eigenvalue weighted by molar-refractivity contribution is 5.85. The lowest BCUT2D eigenvalue weighted by Gasteiger charge is -2.10. The third-order valence-corrected chi connectivity index (χ3v) is 2.28. The minimum Gasteiger partial charge on any atom is -0.493 e. The first-order chi connectivity index (χ1) is 9.13. The average molecular weight is 308 g/mol. The number of nitrogens with zero attached hydrogens (tertiary/aromatic N) is 2. The van der Waals surface area contributed by atoms with E-state index in [2.05, 4.69) is 14.9 Å². The van der Waals surface area contributed by atoms with E-state index in [0.717, 1.165) is 0 Å². The zero-order valence-corrected chi connectivity index (χ0v) is 11.2. The summed E-state index contributed by atoms with van der Waals surface area (Å²) in [4.78, 5) is 4.02. The Morgan fingerprint density at radius 3 is 2.65 bits per heavy atom. The van der Waals surface area contributed by atoms with Gasteiger partial charge in [0.15, 0.2) is 11.5 Å². The first-order valence-electron chi connectivity index (χ1n) is 5.30. The average Bonchev–Trinajstić information content (AvgIpc) is 2.87. The maximum absolute atomic E-state index is 12.2. The number of benzene rings is 1. The highest BCUT2D eigenvalue weighted by atomic mass is 35.5. The number of nitrogens with two attached hydrogens (primary N) is 1. The van der Waals surface area contributed by atoms with E-state index in [9.17, 15) is 8.78 Å². The largest absolute Gasteiger partial charge is 0.493 e. The molecule has 2 aromatic rings. The van der Waals surface area contributed by atoms with Crippen LogP contribution in [0.4, 0.5) is 8.78 Å². The van der Waals surface area contributed by atoms with Crippen LogP contribution in [-0.4, -0.2) is 23.9 Å². The fourth-order valence-corrected chi connectivity index (χ4v) is 1.46. The predicted octanol–water partition coefficient (Wildman–Crippen LogP) is 2.23. The summed E-state index contributed by atoms with van der Waals surface area (Å²) in [5, 5.41) is 3.71. The number of alkyl halides is 2. The van der Waals surface area contributed by atoms with Crippen molar-refractivity contribution < 1.29 is 22.8 Å². The van der Waals surface area contributed by atoms with E-state index in [0.29, 0.717) is 11.4 Å². The summed E-state index contributed by atoms with van der Waals surface area (Å²) in [5.74, 6) is 0.657. The third-order valence-electron chi connectivity index (χ3n) is 2.28. The van der Waals surface area contributed by atoms with Crippen LogP contribution in [-0.2, 0) is 6.54 Å². The molecule has 0 spiro atoms. The molecule has 0 amide bonds. The van der Waals surface area contributed by atoms with Crippen LogP contribution in [0.5, 0.6) is 11.5 Å². The van der Waals surface area contributed by atoms with Crippen molar-refractivity contribution in [2.75, 3.05) is 7.11 Å². The summed E-state index contributed by atoms with van der Waals surface area (Å²) < 4.78 is 38.5. The number of rotatable bonds is 5. The molecule has 1 aromatic heterocycles. The van der Waals surface area contributed by atoms with Gasteiger partial charge in [-0.15, -0.1) is 12.4 Å². The lowest BCUT2D eigenvalue weighted by atomic mass is 10.2. The summed E-state index contributed by atoms with van der Waals surface area (Å²) in [6, 6.07) is 4.34. The van der Waals surface area contributed by atoms with Gasteiger partial charge in [-0.2, -0.15) is 13.8 Å². The molecule has 0 unspecified atom stereocenters. The van der Waals surface area contributed by atoms with Gasteiger partial charge in [0.1, 0.15) is 0 Å². The fraction of sp³-hybridized carbons (Fsp3) is 0.273. The van der Waals surface area contributed by atoms with Gasteiger partial charge in [-0.05, 0) is 18.2 Å². The number of ether oxygens (including phenoxy) is 2. The van der Waals surface area contributed by atoms with E-state index >= 15 is 0 Å². The molecule has 0 radical (unpaired) electrons. The fourth-order valence-electron chi connectivity index (χ4n) is 1.46. The summed E-state index contributed by atoms with van der Waals surface area (Å²) in [5.41, 5.74) is 5.90. The minimum atomic E-state index is -2.92. The smallest absolute Gasteiger partial charge is 0.387 e. The molecule has 0 aliphatic carbocycles. The molecule has 110 valence electrons. The molecule has 0 aliphatic heterocycles. The third kappa shape index (κ3) is 3.55. The van der Waals surface area contributed by atoms with Gasteiger partial charge in [-0.3, -0.25) is 0 Å². The van der Waals surface area contributed by atoms with Gasteiger partial charge in [0.2, 0.25) is 11.7 Å². The number of halogens is 3. The van der Waals surface area contributed by atoms with E-state index in [-0.39, 0.29) is 36.3 Å². The molecule has 2 rings (SSSR count). The number of hydrogen-bond donors (Lipinski definition) is 1. The van der Waals surface area contributed by atoms with Gasteiger partial charge < -0.3 is 19.7 Å². The van der Waals surface area contributed by atoms with Crippen LogP contribution in [0.25, 0.3) is 11.4 Å². The van der Waals surface area contributed by atoms with Gasteiger partial charge in [-0.25, -0.2) is 0 Å². The van der Waals surface area contributed by atoms with Crippen molar-refractivity contribution in [2.24, 2.45) is 5.73 Å². The summed E-state index contributed by atoms with van der Waals surface area (Å²) in [7, 11) is 1.35. The summed E-state index contributed by atoms with van der Waals surface area (Å²) >= 11 is 0.